The molecule has 21 heavy (non-hydrogen) atoms. The van der Waals surface area contributed by atoms with Crippen LogP contribution < -0.4 is 5.32 Å². The van der Waals surface area contributed by atoms with Gasteiger partial charge in [-0.05, 0) is 59.6 Å². The first-order valence-corrected chi connectivity index (χ1v) is 9.23. The van der Waals surface area contributed by atoms with E-state index in [1.165, 1.54) is 21.2 Å². The molecule has 0 spiro atoms. The van der Waals surface area contributed by atoms with Gasteiger partial charge in [-0.25, -0.2) is 0 Å². The lowest BCUT2D eigenvalue weighted by Crippen LogP contribution is -2.19. The third kappa shape index (κ3) is 3.24. The topological polar surface area (TPSA) is 12.0 Å². The highest BCUT2D eigenvalue weighted by atomic mass is 79.9. The Morgan fingerprint density at radius 3 is 2.76 bits per heavy atom. The maximum Gasteiger partial charge on any atom is 0.0370 e. The number of nitrogens with one attached hydrogen (secondary N) is 1. The Morgan fingerprint density at radius 1 is 1.14 bits per heavy atom. The quantitative estimate of drug-likeness (QED) is 0.547. The molecule has 0 fully saturated rings. The summed E-state index contributed by atoms with van der Waals surface area (Å²) >= 11 is 9.05. The summed E-state index contributed by atoms with van der Waals surface area (Å²) < 4.78 is 3.61. The molecular weight excluding hydrogens is 410 g/mol. The highest BCUT2D eigenvalue weighted by molar-refractivity contribution is 9.11. The summed E-state index contributed by atoms with van der Waals surface area (Å²) in [5.41, 5.74) is 2.68. The molecule has 1 atom stereocenters. The molecule has 0 aliphatic heterocycles. The largest absolute Gasteiger partial charge is 0.313 e. The molecule has 108 valence electrons. The molecule has 1 N–H and O–H groups in total. The van der Waals surface area contributed by atoms with E-state index in [-0.39, 0.29) is 6.04 Å². The molecule has 0 aliphatic carbocycles. The lowest BCUT2D eigenvalue weighted by Gasteiger charge is -2.18. The van der Waals surface area contributed by atoms with Crippen molar-refractivity contribution in [3.05, 3.63) is 67.9 Å². The number of hydrogen-bond acceptors (Lipinski definition) is 2. The van der Waals surface area contributed by atoms with Gasteiger partial charge in [0.05, 0.1) is 0 Å². The minimum atomic E-state index is 0.287. The van der Waals surface area contributed by atoms with Crippen molar-refractivity contribution in [3.8, 4) is 0 Å². The van der Waals surface area contributed by atoms with Crippen LogP contribution in [0.4, 0.5) is 0 Å². The SMILES string of the molecule is CNC(Cc1csc2ccccc12)c1cc(Br)ccc1Br. The fraction of sp³-hybridized carbons (Fsp3) is 0.176. The summed E-state index contributed by atoms with van der Waals surface area (Å²) in [6, 6.07) is 15.2. The third-order valence-corrected chi connectivity index (χ3v) is 5.89. The second-order valence-corrected chi connectivity index (χ2v) is 7.65. The molecule has 0 saturated carbocycles. The van der Waals surface area contributed by atoms with Crippen molar-refractivity contribution in [1.82, 2.24) is 5.32 Å². The van der Waals surface area contributed by atoms with E-state index in [9.17, 15) is 0 Å². The summed E-state index contributed by atoms with van der Waals surface area (Å²) in [5, 5.41) is 7.09. The standard InChI is InChI=1S/C17H15Br2NS/c1-20-16(14-9-12(18)6-7-15(14)19)8-11-10-21-17-5-3-2-4-13(11)17/h2-7,9-10,16,20H,8H2,1H3. The van der Waals surface area contributed by atoms with Crippen molar-refractivity contribution < 1.29 is 0 Å². The molecule has 3 rings (SSSR count). The van der Waals surface area contributed by atoms with Crippen molar-refractivity contribution in [3.63, 3.8) is 0 Å². The normalized spacial score (nSPS) is 12.7. The monoisotopic (exact) mass is 423 g/mol. The van der Waals surface area contributed by atoms with Crippen molar-refractivity contribution in [2.45, 2.75) is 12.5 Å². The number of benzene rings is 2. The van der Waals surface area contributed by atoms with Crippen molar-refractivity contribution in [2.24, 2.45) is 0 Å². The highest BCUT2D eigenvalue weighted by Crippen LogP contribution is 2.32. The van der Waals surface area contributed by atoms with Gasteiger partial charge in [0.25, 0.3) is 0 Å². The Hall–Kier alpha value is -0.680. The van der Waals surface area contributed by atoms with Crippen LogP contribution in [0, 0.1) is 0 Å². The number of halogens is 2. The molecular formula is C17H15Br2NS. The Bertz CT molecular complexity index is 766. The van der Waals surface area contributed by atoms with Gasteiger partial charge in [0.2, 0.25) is 0 Å². The molecule has 0 aliphatic rings. The maximum absolute atomic E-state index is 3.67. The van der Waals surface area contributed by atoms with Gasteiger partial charge >= 0.3 is 0 Å². The van der Waals surface area contributed by atoms with Crippen LogP contribution in [0.15, 0.2) is 56.8 Å². The molecule has 1 unspecified atom stereocenters. The fourth-order valence-electron chi connectivity index (χ4n) is 2.56. The van der Waals surface area contributed by atoms with Gasteiger partial charge in [-0.2, -0.15) is 0 Å². The van der Waals surface area contributed by atoms with E-state index in [2.05, 4.69) is 85.0 Å². The van der Waals surface area contributed by atoms with Gasteiger partial charge in [-0.3, -0.25) is 0 Å². The molecule has 3 aromatic rings. The first-order valence-electron chi connectivity index (χ1n) is 6.76. The summed E-state index contributed by atoms with van der Waals surface area (Å²) in [4.78, 5) is 0. The second kappa shape index (κ2) is 6.61. The van der Waals surface area contributed by atoms with Gasteiger partial charge < -0.3 is 5.32 Å². The zero-order valence-electron chi connectivity index (χ0n) is 11.6. The van der Waals surface area contributed by atoms with E-state index in [0.29, 0.717) is 0 Å². The van der Waals surface area contributed by atoms with Gasteiger partial charge in [0.1, 0.15) is 0 Å². The van der Waals surface area contributed by atoms with E-state index in [0.717, 1.165) is 15.4 Å². The van der Waals surface area contributed by atoms with Gasteiger partial charge in [-0.15, -0.1) is 11.3 Å². The number of thiophene rings is 1. The van der Waals surface area contributed by atoms with Crippen LogP contribution in [-0.4, -0.2) is 7.05 Å². The first-order chi connectivity index (χ1) is 10.2. The molecule has 1 nitrogen and oxygen atoms in total. The van der Waals surface area contributed by atoms with E-state index in [1.54, 1.807) is 0 Å². The first kappa shape index (κ1) is 15.2. The van der Waals surface area contributed by atoms with E-state index in [4.69, 9.17) is 0 Å². The minimum Gasteiger partial charge on any atom is -0.313 e. The summed E-state index contributed by atoms with van der Waals surface area (Å²) in [7, 11) is 2.02. The Morgan fingerprint density at radius 2 is 1.95 bits per heavy atom. The highest BCUT2D eigenvalue weighted by Gasteiger charge is 2.16. The zero-order valence-corrected chi connectivity index (χ0v) is 15.6. The van der Waals surface area contributed by atoms with Crippen LogP contribution in [-0.2, 0) is 6.42 Å². The van der Waals surface area contributed by atoms with Crippen LogP contribution in [0.25, 0.3) is 10.1 Å². The molecule has 0 amide bonds. The number of fused-ring (bicyclic) bond motifs is 1. The van der Waals surface area contributed by atoms with Crippen molar-refractivity contribution in [1.29, 1.82) is 0 Å². The molecule has 1 heterocycles. The molecule has 4 heteroatoms. The zero-order chi connectivity index (χ0) is 14.8. The second-order valence-electron chi connectivity index (χ2n) is 4.97. The van der Waals surface area contributed by atoms with Crippen LogP contribution in [0.2, 0.25) is 0 Å². The maximum atomic E-state index is 3.67. The molecule has 2 aromatic carbocycles. The predicted molar refractivity (Wildman–Crippen MR) is 99.2 cm³/mol. The van der Waals surface area contributed by atoms with E-state index < -0.39 is 0 Å². The molecule has 1 aromatic heterocycles. The van der Waals surface area contributed by atoms with Gasteiger partial charge in [0.15, 0.2) is 0 Å². The van der Waals surface area contributed by atoms with Crippen LogP contribution >= 0.6 is 43.2 Å². The van der Waals surface area contributed by atoms with Gasteiger partial charge in [0, 0.05) is 19.7 Å². The van der Waals surface area contributed by atoms with Crippen molar-refractivity contribution in [2.75, 3.05) is 7.05 Å². The van der Waals surface area contributed by atoms with E-state index in [1.807, 2.05) is 18.4 Å². The predicted octanol–water partition coefficient (Wildman–Crippen LogP) is 5.93. The third-order valence-electron chi connectivity index (χ3n) is 3.67. The van der Waals surface area contributed by atoms with Gasteiger partial charge in [-0.1, -0.05) is 50.1 Å². The fourth-order valence-corrected chi connectivity index (χ4v) is 4.44. The van der Waals surface area contributed by atoms with Crippen LogP contribution in [0.5, 0.6) is 0 Å². The average Bonchev–Trinajstić information content (AvgIpc) is 2.91. The summed E-state index contributed by atoms with van der Waals surface area (Å²) in [6.07, 6.45) is 0.982. The Kier molecular flexibility index (Phi) is 4.79. The van der Waals surface area contributed by atoms with Crippen LogP contribution in [0.3, 0.4) is 0 Å². The Balaban J connectivity index is 1.96. The summed E-state index contributed by atoms with van der Waals surface area (Å²) in [5.74, 6) is 0. The van der Waals surface area contributed by atoms with Crippen molar-refractivity contribution >= 4 is 53.3 Å². The smallest absolute Gasteiger partial charge is 0.0370 e. The number of rotatable bonds is 4. The number of hydrogen-bond donors (Lipinski definition) is 1. The van der Waals surface area contributed by atoms with E-state index >= 15 is 0 Å². The minimum absolute atomic E-state index is 0.287. The molecule has 0 bridgehead atoms. The molecule has 0 saturated heterocycles. The average molecular weight is 425 g/mol. The Labute approximate surface area is 145 Å². The lowest BCUT2D eigenvalue weighted by molar-refractivity contribution is 0.592. The number of likely N-dealkylation sites (N-methyl/N-ethyl adjacent to an activating group) is 1. The molecule has 0 radical (unpaired) electrons. The van der Waals surface area contributed by atoms with Crippen LogP contribution in [0.1, 0.15) is 17.2 Å². The summed E-state index contributed by atoms with van der Waals surface area (Å²) in [6.45, 7) is 0. The lowest BCUT2D eigenvalue weighted by atomic mass is 9.99.